The summed E-state index contributed by atoms with van der Waals surface area (Å²) in [6.45, 7) is 0.128. The standard InChI is InChI=1S/C14H16O2/c15-11-14-10-9-13(16-14)8-4-7-12-5-2-1-3-6-12/h1-3,5-6,13-15H,8-11H2/t13-,14-/m1/s1. The fourth-order valence-corrected chi connectivity index (χ4v) is 1.85. The molecule has 0 spiro atoms. The van der Waals surface area contributed by atoms with Crippen molar-refractivity contribution in [3.05, 3.63) is 35.9 Å². The second kappa shape index (κ2) is 5.69. The Morgan fingerprint density at radius 1 is 1.19 bits per heavy atom. The molecule has 1 N–H and O–H groups in total. The molecular weight excluding hydrogens is 200 g/mol. The van der Waals surface area contributed by atoms with E-state index < -0.39 is 0 Å². The van der Waals surface area contributed by atoms with Crippen molar-refractivity contribution in [1.82, 2.24) is 0 Å². The lowest BCUT2D eigenvalue weighted by Crippen LogP contribution is -2.13. The highest BCUT2D eigenvalue weighted by Crippen LogP contribution is 2.21. The van der Waals surface area contributed by atoms with E-state index in [1.807, 2.05) is 30.3 Å². The Labute approximate surface area is 96.3 Å². The van der Waals surface area contributed by atoms with Crippen molar-refractivity contribution in [3.63, 3.8) is 0 Å². The molecule has 2 rings (SSSR count). The van der Waals surface area contributed by atoms with E-state index in [0.29, 0.717) is 0 Å². The summed E-state index contributed by atoms with van der Waals surface area (Å²) in [5.41, 5.74) is 1.04. The summed E-state index contributed by atoms with van der Waals surface area (Å²) in [6, 6.07) is 9.95. The van der Waals surface area contributed by atoms with Crippen LogP contribution >= 0.6 is 0 Å². The first-order valence-corrected chi connectivity index (χ1v) is 5.68. The number of hydrogen-bond donors (Lipinski definition) is 1. The third kappa shape index (κ3) is 3.10. The van der Waals surface area contributed by atoms with E-state index in [1.165, 1.54) is 0 Å². The minimum absolute atomic E-state index is 0.0310. The molecule has 0 saturated carbocycles. The Kier molecular flexibility index (Phi) is 3.98. The highest BCUT2D eigenvalue weighted by molar-refractivity contribution is 5.33. The van der Waals surface area contributed by atoms with Gasteiger partial charge in [-0.15, -0.1) is 0 Å². The summed E-state index contributed by atoms with van der Waals surface area (Å²) in [6.07, 6.45) is 2.95. The molecule has 2 atom stereocenters. The molecule has 0 radical (unpaired) electrons. The molecule has 1 fully saturated rings. The van der Waals surface area contributed by atoms with Crippen molar-refractivity contribution in [2.45, 2.75) is 31.5 Å². The van der Waals surface area contributed by atoms with Crippen LogP contribution in [0.5, 0.6) is 0 Å². The maximum Gasteiger partial charge on any atom is 0.0810 e. The topological polar surface area (TPSA) is 29.5 Å². The number of ether oxygens (including phenoxy) is 1. The highest BCUT2D eigenvalue weighted by Gasteiger charge is 2.23. The Hall–Kier alpha value is -1.30. The maximum atomic E-state index is 8.93. The zero-order valence-electron chi connectivity index (χ0n) is 9.23. The lowest BCUT2D eigenvalue weighted by molar-refractivity contribution is 0.0142. The third-order valence-electron chi connectivity index (χ3n) is 2.74. The monoisotopic (exact) mass is 216 g/mol. The van der Waals surface area contributed by atoms with E-state index in [2.05, 4.69) is 11.8 Å². The molecule has 0 amide bonds. The van der Waals surface area contributed by atoms with Gasteiger partial charge >= 0.3 is 0 Å². The SMILES string of the molecule is OC[C@H]1CC[C@@H](CC#Cc2ccccc2)O1. The van der Waals surface area contributed by atoms with Gasteiger partial charge in [-0.3, -0.25) is 0 Å². The predicted molar refractivity (Wildman–Crippen MR) is 62.9 cm³/mol. The van der Waals surface area contributed by atoms with Crippen molar-refractivity contribution in [1.29, 1.82) is 0 Å². The van der Waals surface area contributed by atoms with Crippen LogP contribution in [0.15, 0.2) is 30.3 Å². The predicted octanol–water partition coefficient (Wildman–Crippen LogP) is 1.97. The van der Waals surface area contributed by atoms with Crippen LogP contribution in [0.3, 0.4) is 0 Å². The van der Waals surface area contributed by atoms with E-state index in [4.69, 9.17) is 9.84 Å². The van der Waals surface area contributed by atoms with Crippen LogP contribution in [0, 0.1) is 11.8 Å². The Balaban J connectivity index is 1.82. The quantitative estimate of drug-likeness (QED) is 0.766. The van der Waals surface area contributed by atoms with Crippen molar-refractivity contribution in [2.75, 3.05) is 6.61 Å². The molecule has 2 heteroatoms. The Bertz CT molecular complexity index is 375. The minimum Gasteiger partial charge on any atom is -0.394 e. The lowest BCUT2D eigenvalue weighted by Gasteiger charge is -2.08. The van der Waals surface area contributed by atoms with Crippen LogP contribution < -0.4 is 0 Å². The fourth-order valence-electron chi connectivity index (χ4n) is 1.85. The zero-order chi connectivity index (χ0) is 11.2. The van der Waals surface area contributed by atoms with Gasteiger partial charge in [-0.25, -0.2) is 0 Å². The van der Waals surface area contributed by atoms with Gasteiger partial charge in [0.1, 0.15) is 0 Å². The van der Waals surface area contributed by atoms with Crippen LogP contribution in [0.25, 0.3) is 0 Å². The molecular formula is C14H16O2. The van der Waals surface area contributed by atoms with E-state index in [-0.39, 0.29) is 18.8 Å². The van der Waals surface area contributed by atoms with Crippen LogP contribution in [-0.4, -0.2) is 23.9 Å². The maximum absolute atomic E-state index is 8.93. The zero-order valence-corrected chi connectivity index (χ0v) is 9.23. The van der Waals surface area contributed by atoms with Crippen molar-refractivity contribution < 1.29 is 9.84 Å². The van der Waals surface area contributed by atoms with Gasteiger partial charge in [0.25, 0.3) is 0 Å². The van der Waals surface area contributed by atoms with E-state index in [9.17, 15) is 0 Å². The number of benzene rings is 1. The molecule has 1 aliphatic rings. The Morgan fingerprint density at radius 3 is 2.62 bits per heavy atom. The highest BCUT2D eigenvalue weighted by atomic mass is 16.5. The largest absolute Gasteiger partial charge is 0.394 e. The normalized spacial score (nSPS) is 23.8. The van der Waals surface area contributed by atoms with Gasteiger partial charge in [0, 0.05) is 12.0 Å². The molecule has 1 aromatic rings. The molecule has 0 bridgehead atoms. The molecule has 1 aromatic carbocycles. The first-order chi connectivity index (χ1) is 7.88. The van der Waals surface area contributed by atoms with Crippen LogP contribution in [0.4, 0.5) is 0 Å². The fraction of sp³-hybridized carbons (Fsp3) is 0.429. The summed E-state index contributed by atoms with van der Waals surface area (Å²) in [5.74, 6) is 6.24. The average Bonchev–Trinajstić information content (AvgIpc) is 2.78. The summed E-state index contributed by atoms with van der Waals surface area (Å²) < 4.78 is 5.60. The van der Waals surface area contributed by atoms with Gasteiger partial charge in [0.2, 0.25) is 0 Å². The molecule has 1 saturated heterocycles. The summed E-state index contributed by atoms with van der Waals surface area (Å²) >= 11 is 0. The lowest BCUT2D eigenvalue weighted by atomic mass is 10.1. The molecule has 0 unspecified atom stereocenters. The summed E-state index contributed by atoms with van der Waals surface area (Å²) in [4.78, 5) is 0. The van der Waals surface area contributed by atoms with Crippen LogP contribution in [0.1, 0.15) is 24.8 Å². The first kappa shape index (κ1) is 11.2. The summed E-state index contributed by atoms with van der Waals surface area (Å²) in [7, 11) is 0. The number of aliphatic hydroxyl groups excluding tert-OH is 1. The minimum atomic E-state index is 0.0310. The molecule has 0 aromatic heterocycles. The number of rotatable bonds is 2. The molecule has 84 valence electrons. The van der Waals surface area contributed by atoms with E-state index in [0.717, 1.165) is 24.8 Å². The van der Waals surface area contributed by atoms with Crippen LogP contribution in [-0.2, 0) is 4.74 Å². The smallest absolute Gasteiger partial charge is 0.0810 e. The average molecular weight is 216 g/mol. The molecule has 2 nitrogen and oxygen atoms in total. The van der Waals surface area contributed by atoms with Crippen molar-refractivity contribution >= 4 is 0 Å². The van der Waals surface area contributed by atoms with Gasteiger partial charge in [-0.05, 0) is 25.0 Å². The van der Waals surface area contributed by atoms with Gasteiger partial charge in [-0.2, -0.15) is 0 Å². The second-order valence-corrected chi connectivity index (χ2v) is 4.01. The third-order valence-corrected chi connectivity index (χ3v) is 2.74. The molecule has 1 aliphatic heterocycles. The van der Waals surface area contributed by atoms with Crippen molar-refractivity contribution in [3.8, 4) is 11.8 Å². The summed E-state index contributed by atoms with van der Waals surface area (Å²) in [5, 5.41) is 8.93. The van der Waals surface area contributed by atoms with Gasteiger partial charge < -0.3 is 9.84 Å². The van der Waals surface area contributed by atoms with Gasteiger partial charge in [0.05, 0.1) is 18.8 Å². The van der Waals surface area contributed by atoms with Crippen molar-refractivity contribution in [2.24, 2.45) is 0 Å². The van der Waals surface area contributed by atoms with Gasteiger partial charge in [-0.1, -0.05) is 30.0 Å². The number of aliphatic hydroxyl groups is 1. The van der Waals surface area contributed by atoms with Gasteiger partial charge in [0.15, 0.2) is 0 Å². The molecule has 0 aliphatic carbocycles. The van der Waals surface area contributed by atoms with E-state index in [1.54, 1.807) is 0 Å². The van der Waals surface area contributed by atoms with E-state index >= 15 is 0 Å². The Morgan fingerprint density at radius 2 is 1.94 bits per heavy atom. The molecule has 16 heavy (non-hydrogen) atoms. The second-order valence-electron chi connectivity index (χ2n) is 4.01. The number of hydrogen-bond acceptors (Lipinski definition) is 2. The first-order valence-electron chi connectivity index (χ1n) is 5.68. The molecule has 1 heterocycles. The van der Waals surface area contributed by atoms with Crippen LogP contribution in [0.2, 0.25) is 0 Å².